The SMILES string of the molecule is C=C/C=C(\C=C/C)SC1=CCCC=C1.CC.CC1(C)OB(c2cc(B3OC(C)(C)C(C)(C)O3)cc(-c3ccccc3)c2)OC1(C)C. The van der Waals surface area contributed by atoms with Crippen molar-refractivity contribution in [1.29, 1.82) is 0 Å². The maximum atomic E-state index is 6.34. The van der Waals surface area contributed by atoms with E-state index in [9.17, 15) is 0 Å². The van der Waals surface area contributed by atoms with Crippen molar-refractivity contribution in [2.45, 2.75) is 111 Å². The van der Waals surface area contributed by atoms with E-state index >= 15 is 0 Å². The molecule has 3 aliphatic rings. The lowest BCUT2D eigenvalue weighted by atomic mass is 9.70. The molecule has 0 unspecified atom stereocenters. The van der Waals surface area contributed by atoms with Crippen LogP contribution in [0.5, 0.6) is 0 Å². The van der Waals surface area contributed by atoms with E-state index in [-0.39, 0.29) is 0 Å². The Labute approximate surface area is 284 Å². The molecule has 2 heterocycles. The van der Waals surface area contributed by atoms with Gasteiger partial charge in [0.1, 0.15) is 0 Å². The first-order chi connectivity index (χ1) is 21.7. The molecule has 0 N–H and O–H groups in total. The first-order valence-electron chi connectivity index (χ1n) is 16.6. The fourth-order valence-electron chi connectivity index (χ4n) is 4.91. The van der Waals surface area contributed by atoms with E-state index in [1.165, 1.54) is 16.2 Å². The van der Waals surface area contributed by atoms with Gasteiger partial charge in [0.15, 0.2) is 0 Å². The smallest absolute Gasteiger partial charge is 0.399 e. The normalized spacial score (nSPS) is 20.8. The predicted octanol–water partition coefficient (Wildman–Crippen LogP) is 9.58. The zero-order valence-corrected chi connectivity index (χ0v) is 30.8. The van der Waals surface area contributed by atoms with Gasteiger partial charge in [-0.1, -0.05) is 117 Å². The Hall–Kier alpha value is -2.54. The topological polar surface area (TPSA) is 36.9 Å². The van der Waals surface area contributed by atoms with Gasteiger partial charge < -0.3 is 18.6 Å². The largest absolute Gasteiger partial charge is 0.494 e. The summed E-state index contributed by atoms with van der Waals surface area (Å²) >= 11 is 1.79. The fraction of sp³-hybridized carbons (Fsp3) is 0.436. The summed E-state index contributed by atoms with van der Waals surface area (Å²) in [5, 5.41) is 0. The molecule has 246 valence electrons. The minimum absolute atomic E-state index is 0.398. The van der Waals surface area contributed by atoms with Gasteiger partial charge >= 0.3 is 14.2 Å². The Morgan fingerprint density at radius 1 is 0.739 bits per heavy atom. The summed E-state index contributed by atoms with van der Waals surface area (Å²) in [5.41, 5.74) is 2.58. The number of rotatable bonds is 7. The van der Waals surface area contributed by atoms with Gasteiger partial charge in [-0.15, -0.1) is 0 Å². The predicted molar refractivity (Wildman–Crippen MR) is 202 cm³/mol. The summed E-state index contributed by atoms with van der Waals surface area (Å²) in [6.45, 7) is 26.3. The van der Waals surface area contributed by atoms with Crippen LogP contribution in [0.2, 0.25) is 0 Å². The van der Waals surface area contributed by atoms with Crippen molar-refractivity contribution in [2.24, 2.45) is 0 Å². The third-order valence-electron chi connectivity index (χ3n) is 8.95. The molecule has 0 radical (unpaired) electrons. The lowest BCUT2D eigenvalue weighted by Gasteiger charge is -2.32. The van der Waals surface area contributed by atoms with Crippen LogP contribution >= 0.6 is 11.8 Å². The lowest BCUT2D eigenvalue weighted by Crippen LogP contribution is -2.41. The molecule has 0 aromatic heterocycles. The number of benzene rings is 2. The third-order valence-corrected chi connectivity index (χ3v) is 9.99. The quantitative estimate of drug-likeness (QED) is 0.223. The van der Waals surface area contributed by atoms with Crippen molar-refractivity contribution >= 4 is 36.9 Å². The highest BCUT2D eigenvalue weighted by atomic mass is 32.2. The molecule has 2 fully saturated rings. The minimum atomic E-state index is -0.445. The first kappa shape index (κ1) is 37.9. The number of thioether (sulfide) groups is 1. The Morgan fingerprint density at radius 3 is 1.65 bits per heavy atom. The highest BCUT2D eigenvalue weighted by Gasteiger charge is 2.54. The molecule has 2 aliphatic heterocycles. The molecule has 46 heavy (non-hydrogen) atoms. The van der Waals surface area contributed by atoms with Gasteiger partial charge in [0.25, 0.3) is 0 Å². The molecule has 7 heteroatoms. The zero-order chi connectivity index (χ0) is 34.2. The van der Waals surface area contributed by atoms with Gasteiger partial charge in [0.05, 0.1) is 22.4 Å². The molecule has 1 aliphatic carbocycles. The Balaban J connectivity index is 0.000000303. The zero-order valence-electron chi connectivity index (χ0n) is 30.0. The number of allylic oxidation sites excluding steroid dienone is 7. The van der Waals surface area contributed by atoms with Crippen LogP contribution in [-0.2, 0) is 18.6 Å². The van der Waals surface area contributed by atoms with Crippen LogP contribution in [0.15, 0.2) is 107 Å². The average Bonchev–Trinajstić information content (AvgIpc) is 3.39. The Bertz CT molecular complexity index is 1350. The van der Waals surface area contributed by atoms with Gasteiger partial charge in [-0.2, -0.15) is 0 Å². The molecule has 2 aromatic rings. The summed E-state index contributed by atoms with van der Waals surface area (Å²) in [6, 6.07) is 16.7. The van der Waals surface area contributed by atoms with Gasteiger partial charge in [-0.3, -0.25) is 0 Å². The third kappa shape index (κ3) is 9.29. The van der Waals surface area contributed by atoms with Crippen LogP contribution in [0.4, 0.5) is 0 Å². The first-order valence-corrected chi connectivity index (χ1v) is 17.4. The average molecular weight is 641 g/mol. The van der Waals surface area contributed by atoms with Crippen LogP contribution in [0.1, 0.15) is 89.0 Å². The van der Waals surface area contributed by atoms with Gasteiger partial charge in [-0.25, -0.2) is 0 Å². The van der Waals surface area contributed by atoms with Crippen LogP contribution in [0, 0.1) is 0 Å². The fourth-order valence-corrected chi connectivity index (χ4v) is 5.92. The minimum Gasteiger partial charge on any atom is -0.399 e. The van der Waals surface area contributed by atoms with E-state index in [0.29, 0.717) is 0 Å². The second kappa shape index (κ2) is 16.0. The van der Waals surface area contributed by atoms with Crippen molar-refractivity contribution in [3.63, 3.8) is 0 Å². The van der Waals surface area contributed by atoms with Crippen molar-refractivity contribution in [3.8, 4) is 11.1 Å². The molecule has 4 nitrogen and oxygen atoms in total. The van der Waals surface area contributed by atoms with Crippen molar-refractivity contribution < 1.29 is 18.6 Å². The van der Waals surface area contributed by atoms with Crippen molar-refractivity contribution in [3.05, 3.63) is 107 Å². The number of hydrogen-bond donors (Lipinski definition) is 0. The molecule has 2 aromatic carbocycles. The Morgan fingerprint density at radius 2 is 1.24 bits per heavy atom. The second-order valence-electron chi connectivity index (χ2n) is 13.4. The Kier molecular flexibility index (Phi) is 13.2. The highest BCUT2D eigenvalue weighted by molar-refractivity contribution is 8.07. The monoisotopic (exact) mass is 640 g/mol. The summed E-state index contributed by atoms with van der Waals surface area (Å²) in [5.74, 6) is 0. The van der Waals surface area contributed by atoms with E-state index in [1.54, 1.807) is 11.8 Å². The summed E-state index contributed by atoms with van der Waals surface area (Å²) in [4.78, 5) is 2.57. The van der Waals surface area contributed by atoms with E-state index in [1.807, 2.05) is 51.1 Å². The molecule has 0 amide bonds. The molecular weight excluding hydrogens is 586 g/mol. The summed E-state index contributed by atoms with van der Waals surface area (Å²) in [6.07, 6.45) is 17.1. The van der Waals surface area contributed by atoms with E-state index in [4.69, 9.17) is 18.6 Å². The van der Waals surface area contributed by atoms with E-state index in [2.05, 4.69) is 123 Å². The van der Waals surface area contributed by atoms with Crippen LogP contribution < -0.4 is 10.9 Å². The van der Waals surface area contributed by atoms with Crippen molar-refractivity contribution in [1.82, 2.24) is 0 Å². The van der Waals surface area contributed by atoms with Gasteiger partial charge in [-0.05, 0) is 103 Å². The maximum Gasteiger partial charge on any atom is 0.494 e. The molecule has 0 atom stereocenters. The summed E-state index contributed by atoms with van der Waals surface area (Å²) in [7, 11) is -0.889. The molecular formula is C39H54B2O4S. The molecule has 5 rings (SSSR count). The van der Waals surface area contributed by atoms with Crippen LogP contribution in [0.3, 0.4) is 0 Å². The molecule has 0 saturated carbocycles. The highest BCUT2D eigenvalue weighted by Crippen LogP contribution is 2.38. The standard InChI is InChI=1S/C24H32B2O4.C13H16S.C2H6/c1-21(2)22(3,4)28-25(27-21)19-14-18(17-12-10-9-11-13-17)15-20(16-19)26-29-23(5,6)24(7,8)30-26;1-3-8-12(9-4-2)14-13-10-6-5-7-11-13;1-2/h9-16H,1-8H3;3-4,6,8-11H,1,5,7H2,2H3;1-2H3/b;9-4-,12-8+;. The molecule has 0 bridgehead atoms. The maximum absolute atomic E-state index is 6.34. The number of hydrogen-bond acceptors (Lipinski definition) is 5. The van der Waals surface area contributed by atoms with Crippen LogP contribution in [-0.4, -0.2) is 36.6 Å². The molecule has 2 saturated heterocycles. The van der Waals surface area contributed by atoms with E-state index in [0.717, 1.165) is 28.5 Å². The lowest BCUT2D eigenvalue weighted by molar-refractivity contribution is 0.00578. The summed E-state index contributed by atoms with van der Waals surface area (Å²) < 4.78 is 25.3. The van der Waals surface area contributed by atoms with Gasteiger partial charge in [0, 0.05) is 9.81 Å². The van der Waals surface area contributed by atoms with Crippen LogP contribution in [0.25, 0.3) is 11.1 Å². The molecule has 0 spiro atoms. The van der Waals surface area contributed by atoms with Crippen molar-refractivity contribution in [2.75, 3.05) is 0 Å². The van der Waals surface area contributed by atoms with E-state index < -0.39 is 36.6 Å². The second-order valence-corrected chi connectivity index (χ2v) is 14.6. The van der Waals surface area contributed by atoms with Gasteiger partial charge in [0.2, 0.25) is 0 Å².